The second-order valence-corrected chi connectivity index (χ2v) is 6.59. The van der Waals surface area contributed by atoms with E-state index in [-0.39, 0.29) is 5.91 Å². The molecule has 0 aromatic heterocycles. The molecule has 2 aliphatic rings. The monoisotopic (exact) mass is 316 g/mol. The van der Waals surface area contributed by atoms with Crippen LogP contribution in [0.1, 0.15) is 37.7 Å². The summed E-state index contributed by atoms with van der Waals surface area (Å²) in [5, 5.41) is 3.62. The maximum absolute atomic E-state index is 12.0. The summed E-state index contributed by atoms with van der Waals surface area (Å²) in [5.74, 6) is 0.751. The van der Waals surface area contributed by atoms with Crippen LogP contribution in [0.4, 0.5) is 0 Å². The number of amidine groups is 1. The molecule has 1 heterocycles. The highest BCUT2D eigenvalue weighted by molar-refractivity contribution is 8.18. The Kier molecular flexibility index (Phi) is 4.83. The number of aliphatic imine (C=N–C) groups is 1. The molecule has 1 aromatic carbocycles. The maximum Gasteiger partial charge on any atom is 0.264 e. The zero-order valence-corrected chi connectivity index (χ0v) is 13.5. The Morgan fingerprint density at radius 1 is 1.23 bits per heavy atom. The van der Waals surface area contributed by atoms with Crippen LogP contribution in [0, 0.1) is 0 Å². The van der Waals surface area contributed by atoms with Crippen molar-refractivity contribution in [2.45, 2.75) is 38.1 Å². The van der Waals surface area contributed by atoms with E-state index >= 15 is 0 Å². The molecular formula is C17H20N2O2S. The lowest BCUT2D eigenvalue weighted by molar-refractivity contribution is -0.115. The summed E-state index contributed by atoms with van der Waals surface area (Å²) in [7, 11) is 1.64. The van der Waals surface area contributed by atoms with Crippen LogP contribution in [-0.4, -0.2) is 24.2 Å². The van der Waals surface area contributed by atoms with E-state index in [0.29, 0.717) is 10.9 Å². The van der Waals surface area contributed by atoms with E-state index < -0.39 is 0 Å². The van der Waals surface area contributed by atoms with Gasteiger partial charge in [0.1, 0.15) is 5.75 Å². The molecule has 1 aliphatic heterocycles. The van der Waals surface area contributed by atoms with Crippen molar-refractivity contribution in [1.82, 2.24) is 5.32 Å². The molecule has 1 amide bonds. The quantitative estimate of drug-likeness (QED) is 0.867. The minimum atomic E-state index is -0.0598. The summed E-state index contributed by atoms with van der Waals surface area (Å²) in [4.78, 5) is 17.4. The number of amides is 1. The summed E-state index contributed by atoms with van der Waals surface area (Å²) in [6.45, 7) is 0. The number of methoxy groups -OCH3 is 1. The van der Waals surface area contributed by atoms with Crippen LogP contribution in [-0.2, 0) is 4.79 Å². The Morgan fingerprint density at radius 2 is 1.95 bits per heavy atom. The van der Waals surface area contributed by atoms with Gasteiger partial charge in [0.25, 0.3) is 5.91 Å². The summed E-state index contributed by atoms with van der Waals surface area (Å²) >= 11 is 1.44. The molecule has 1 N–H and O–H groups in total. The largest absolute Gasteiger partial charge is 0.497 e. The first-order valence-electron chi connectivity index (χ1n) is 7.67. The van der Waals surface area contributed by atoms with E-state index in [2.05, 4.69) is 5.32 Å². The van der Waals surface area contributed by atoms with Gasteiger partial charge in [-0.15, -0.1) is 0 Å². The highest BCUT2D eigenvalue weighted by atomic mass is 32.2. The minimum Gasteiger partial charge on any atom is -0.497 e. The average Bonchev–Trinajstić information content (AvgIpc) is 2.88. The van der Waals surface area contributed by atoms with Gasteiger partial charge in [-0.3, -0.25) is 9.79 Å². The van der Waals surface area contributed by atoms with Gasteiger partial charge < -0.3 is 10.1 Å². The van der Waals surface area contributed by atoms with Gasteiger partial charge in [0, 0.05) is 0 Å². The zero-order valence-electron chi connectivity index (χ0n) is 12.7. The highest BCUT2D eigenvalue weighted by Gasteiger charge is 2.25. The Bertz CT molecular complexity index is 602. The number of carbonyl (C=O) groups is 1. The molecule has 4 nitrogen and oxygen atoms in total. The second kappa shape index (κ2) is 7.01. The summed E-state index contributed by atoms with van der Waals surface area (Å²) in [6, 6.07) is 8.03. The summed E-state index contributed by atoms with van der Waals surface area (Å²) < 4.78 is 5.14. The standard InChI is InChI=1S/C17H20N2O2S/c1-21-14-9-7-12(8-10-14)11-15-16(20)19-17(22-15)18-13-5-3-2-4-6-13/h7-11,13H,2-6H2,1H3,(H,18,19,20)/b15-11+. The van der Waals surface area contributed by atoms with Gasteiger partial charge in [-0.25, -0.2) is 0 Å². The highest BCUT2D eigenvalue weighted by Crippen LogP contribution is 2.28. The normalized spacial score (nSPS) is 23.0. The second-order valence-electron chi connectivity index (χ2n) is 5.56. The fraction of sp³-hybridized carbons (Fsp3) is 0.412. The van der Waals surface area contributed by atoms with Crippen molar-refractivity contribution in [2.75, 3.05) is 7.11 Å². The van der Waals surface area contributed by atoms with E-state index in [1.54, 1.807) is 7.11 Å². The SMILES string of the molecule is COc1ccc(/C=C2/SC(=NC3CCCCC3)NC2=O)cc1. The van der Waals surface area contributed by atoms with Crippen molar-refractivity contribution in [3.8, 4) is 5.75 Å². The van der Waals surface area contributed by atoms with Gasteiger partial charge in [-0.1, -0.05) is 31.4 Å². The topological polar surface area (TPSA) is 50.7 Å². The number of carbonyl (C=O) groups excluding carboxylic acids is 1. The molecule has 5 heteroatoms. The minimum absolute atomic E-state index is 0.0598. The molecular weight excluding hydrogens is 296 g/mol. The van der Waals surface area contributed by atoms with Crippen molar-refractivity contribution in [3.05, 3.63) is 34.7 Å². The van der Waals surface area contributed by atoms with Crippen LogP contribution < -0.4 is 10.1 Å². The zero-order chi connectivity index (χ0) is 15.4. The summed E-state index contributed by atoms with van der Waals surface area (Å²) in [5.41, 5.74) is 0.984. The number of benzene rings is 1. The fourth-order valence-electron chi connectivity index (χ4n) is 2.72. The number of ether oxygens (including phenoxy) is 1. The smallest absolute Gasteiger partial charge is 0.264 e. The van der Waals surface area contributed by atoms with Crippen molar-refractivity contribution in [2.24, 2.45) is 4.99 Å². The molecule has 1 saturated heterocycles. The number of nitrogens with zero attached hydrogens (tertiary/aromatic N) is 1. The lowest BCUT2D eigenvalue weighted by atomic mass is 9.96. The predicted molar refractivity (Wildman–Crippen MR) is 91.0 cm³/mol. The number of thioether (sulfide) groups is 1. The van der Waals surface area contributed by atoms with Crippen LogP contribution >= 0.6 is 11.8 Å². The van der Waals surface area contributed by atoms with E-state index in [9.17, 15) is 4.79 Å². The maximum atomic E-state index is 12.0. The third-order valence-electron chi connectivity index (χ3n) is 3.94. The Balaban J connectivity index is 1.70. The molecule has 1 aromatic rings. The first-order chi connectivity index (χ1) is 10.7. The van der Waals surface area contributed by atoms with Crippen LogP contribution in [0.3, 0.4) is 0 Å². The van der Waals surface area contributed by atoms with Crippen LogP contribution in [0.2, 0.25) is 0 Å². The molecule has 1 aliphatic carbocycles. The third-order valence-corrected chi connectivity index (χ3v) is 4.86. The van der Waals surface area contributed by atoms with Gasteiger partial charge in [-0.05, 0) is 48.4 Å². The van der Waals surface area contributed by atoms with Crippen molar-refractivity contribution in [3.63, 3.8) is 0 Å². The Morgan fingerprint density at radius 3 is 2.64 bits per heavy atom. The molecule has 116 valence electrons. The molecule has 1 saturated carbocycles. The number of hydrogen-bond acceptors (Lipinski definition) is 4. The molecule has 0 atom stereocenters. The van der Waals surface area contributed by atoms with Gasteiger partial charge >= 0.3 is 0 Å². The van der Waals surface area contributed by atoms with Gasteiger partial charge in [0.05, 0.1) is 18.1 Å². The average molecular weight is 316 g/mol. The lowest BCUT2D eigenvalue weighted by Crippen LogP contribution is -2.22. The Hall–Kier alpha value is -1.75. The van der Waals surface area contributed by atoms with Gasteiger partial charge in [-0.2, -0.15) is 0 Å². The number of hydrogen-bond donors (Lipinski definition) is 1. The van der Waals surface area contributed by atoms with Crippen LogP contribution in [0.15, 0.2) is 34.2 Å². The van der Waals surface area contributed by atoms with E-state index in [1.165, 1.54) is 31.0 Å². The molecule has 0 unspecified atom stereocenters. The molecule has 22 heavy (non-hydrogen) atoms. The molecule has 0 bridgehead atoms. The third kappa shape index (κ3) is 3.71. The van der Waals surface area contributed by atoms with Crippen molar-refractivity contribution >= 4 is 28.9 Å². The van der Waals surface area contributed by atoms with E-state index in [0.717, 1.165) is 29.3 Å². The lowest BCUT2D eigenvalue weighted by Gasteiger charge is -2.17. The Labute approximate surface area is 135 Å². The molecule has 2 fully saturated rings. The van der Waals surface area contributed by atoms with E-state index in [4.69, 9.17) is 9.73 Å². The molecule has 0 spiro atoms. The van der Waals surface area contributed by atoms with Crippen LogP contribution in [0.5, 0.6) is 5.75 Å². The van der Waals surface area contributed by atoms with E-state index in [1.807, 2.05) is 30.3 Å². The van der Waals surface area contributed by atoms with Gasteiger partial charge in [0.15, 0.2) is 5.17 Å². The predicted octanol–water partition coefficient (Wildman–Crippen LogP) is 3.59. The number of rotatable bonds is 3. The molecule has 0 radical (unpaired) electrons. The fourth-order valence-corrected chi connectivity index (χ4v) is 3.61. The van der Waals surface area contributed by atoms with Crippen molar-refractivity contribution < 1.29 is 9.53 Å². The van der Waals surface area contributed by atoms with Crippen LogP contribution in [0.25, 0.3) is 6.08 Å². The first kappa shape index (κ1) is 15.2. The van der Waals surface area contributed by atoms with Gasteiger partial charge in [0.2, 0.25) is 0 Å². The summed E-state index contributed by atoms with van der Waals surface area (Å²) in [6.07, 6.45) is 7.96. The van der Waals surface area contributed by atoms with Crippen molar-refractivity contribution in [1.29, 1.82) is 0 Å². The molecule has 3 rings (SSSR count). The number of nitrogens with one attached hydrogen (secondary N) is 1. The first-order valence-corrected chi connectivity index (χ1v) is 8.49.